The van der Waals surface area contributed by atoms with E-state index in [1.165, 1.54) is 12.6 Å². The molecule has 0 saturated carbocycles. The lowest BCUT2D eigenvalue weighted by Crippen LogP contribution is -2.18. The fraction of sp³-hybridized carbons (Fsp3) is 0.240. The number of fused-ring (bicyclic) bond motifs is 1. The van der Waals surface area contributed by atoms with E-state index in [0.717, 1.165) is 21.3 Å². The SMILES string of the molecule is COc1ccc(CNC(C)c2ccccc2)cc1-c1ccc2c(c1)nc(C(F)(F)F)n2C. The lowest BCUT2D eigenvalue weighted by molar-refractivity contribution is -0.146. The first kappa shape index (κ1) is 21.9. The molecule has 0 radical (unpaired) electrons. The minimum atomic E-state index is -4.51. The Morgan fingerprint density at radius 3 is 2.47 bits per heavy atom. The van der Waals surface area contributed by atoms with Gasteiger partial charge < -0.3 is 14.6 Å². The number of hydrogen-bond acceptors (Lipinski definition) is 3. The molecule has 166 valence electrons. The van der Waals surface area contributed by atoms with Crippen LogP contribution in [0.5, 0.6) is 5.75 Å². The number of benzene rings is 3. The van der Waals surface area contributed by atoms with Crippen LogP contribution in [0.15, 0.2) is 66.7 Å². The highest BCUT2D eigenvalue weighted by Gasteiger charge is 2.36. The molecule has 0 saturated heterocycles. The lowest BCUT2D eigenvalue weighted by atomic mass is 10.0. The predicted molar refractivity (Wildman–Crippen MR) is 119 cm³/mol. The van der Waals surface area contributed by atoms with Crippen LogP contribution < -0.4 is 10.1 Å². The zero-order valence-electron chi connectivity index (χ0n) is 18.1. The van der Waals surface area contributed by atoms with Crippen molar-refractivity contribution >= 4 is 11.0 Å². The van der Waals surface area contributed by atoms with Gasteiger partial charge in [-0.25, -0.2) is 4.98 Å². The van der Waals surface area contributed by atoms with Gasteiger partial charge in [-0.15, -0.1) is 0 Å². The number of rotatable bonds is 6. The third kappa shape index (κ3) is 4.34. The maximum absolute atomic E-state index is 13.2. The highest BCUT2D eigenvalue weighted by Crippen LogP contribution is 2.35. The maximum atomic E-state index is 13.2. The standard InChI is InChI=1S/C25H24F3N3O/c1-16(18-7-5-4-6-8-18)29-15-17-9-12-23(32-3)20(13-17)19-10-11-22-21(14-19)30-24(31(22)2)25(26,27)28/h4-14,16,29H,15H2,1-3H3. The Balaban J connectivity index is 1.64. The quantitative estimate of drug-likeness (QED) is 0.394. The molecule has 0 fully saturated rings. The van der Waals surface area contributed by atoms with Gasteiger partial charge >= 0.3 is 6.18 Å². The Morgan fingerprint density at radius 1 is 1.03 bits per heavy atom. The van der Waals surface area contributed by atoms with E-state index in [2.05, 4.69) is 29.4 Å². The molecule has 1 aromatic heterocycles. The van der Waals surface area contributed by atoms with Gasteiger partial charge in [-0.05, 0) is 47.9 Å². The molecule has 0 aliphatic heterocycles. The second kappa shape index (κ2) is 8.67. The Labute approximate surface area is 184 Å². The Morgan fingerprint density at radius 2 is 1.78 bits per heavy atom. The van der Waals surface area contributed by atoms with Crippen molar-refractivity contribution in [2.75, 3.05) is 7.11 Å². The van der Waals surface area contributed by atoms with Crippen LogP contribution in [0.1, 0.15) is 29.9 Å². The third-order valence-corrected chi connectivity index (χ3v) is 5.62. The zero-order valence-corrected chi connectivity index (χ0v) is 18.1. The molecule has 0 spiro atoms. The van der Waals surface area contributed by atoms with Crippen LogP contribution in [0, 0.1) is 0 Å². The van der Waals surface area contributed by atoms with E-state index in [1.807, 2.05) is 36.4 Å². The van der Waals surface area contributed by atoms with Gasteiger partial charge in [0.05, 0.1) is 18.1 Å². The molecule has 1 unspecified atom stereocenters. The van der Waals surface area contributed by atoms with E-state index >= 15 is 0 Å². The first-order valence-electron chi connectivity index (χ1n) is 10.3. The highest BCUT2D eigenvalue weighted by molar-refractivity contribution is 5.84. The molecule has 4 rings (SSSR count). The number of aryl methyl sites for hydroxylation is 1. The van der Waals surface area contributed by atoms with Gasteiger partial charge in [-0.2, -0.15) is 13.2 Å². The van der Waals surface area contributed by atoms with Crippen molar-refractivity contribution in [3.63, 3.8) is 0 Å². The summed E-state index contributed by atoms with van der Waals surface area (Å²) in [5.74, 6) is -0.263. The predicted octanol–water partition coefficient (Wildman–Crippen LogP) is 6.12. The molecular weight excluding hydrogens is 415 g/mol. The van der Waals surface area contributed by atoms with Gasteiger partial charge in [0, 0.05) is 25.2 Å². The summed E-state index contributed by atoms with van der Waals surface area (Å²) in [6, 6.07) is 21.3. The monoisotopic (exact) mass is 439 g/mol. The molecule has 1 heterocycles. The summed E-state index contributed by atoms with van der Waals surface area (Å²) >= 11 is 0. The topological polar surface area (TPSA) is 39.1 Å². The van der Waals surface area contributed by atoms with E-state index in [0.29, 0.717) is 23.3 Å². The second-order valence-corrected chi connectivity index (χ2v) is 7.74. The van der Waals surface area contributed by atoms with Gasteiger partial charge in [0.1, 0.15) is 5.75 Å². The summed E-state index contributed by atoms with van der Waals surface area (Å²) in [6.45, 7) is 2.74. The highest BCUT2D eigenvalue weighted by atomic mass is 19.4. The smallest absolute Gasteiger partial charge is 0.449 e. The number of alkyl halides is 3. The van der Waals surface area contributed by atoms with Crippen molar-refractivity contribution in [1.29, 1.82) is 0 Å². The van der Waals surface area contributed by atoms with Crippen LogP contribution in [0.3, 0.4) is 0 Å². The van der Waals surface area contributed by atoms with Crippen LogP contribution in [0.2, 0.25) is 0 Å². The van der Waals surface area contributed by atoms with Crippen molar-refractivity contribution in [3.05, 3.63) is 83.7 Å². The van der Waals surface area contributed by atoms with Crippen LogP contribution in [-0.2, 0) is 19.8 Å². The van der Waals surface area contributed by atoms with Crippen LogP contribution in [0.4, 0.5) is 13.2 Å². The Bertz CT molecular complexity index is 1230. The number of nitrogens with zero attached hydrogens (tertiary/aromatic N) is 2. The molecule has 32 heavy (non-hydrogen) atoms. The van der Waals surface area contributed by atoms with Gasteiger partial charge in [0.15, 0.2) is 0 Å². The van der Waals surface area contributed by atoms with Crippen molar-refractivity contribution in [1.82, 2.24) is 14.9 Å². The molecule has 1 N–H and O–H groups in total. The van der Waals surface area contributed by atoms with Crippen molar-refractivity contribution in [2.24, 2.45) is 7.05 Å². The number of methoxy groups -OCH3 is 1. The lowest BCUT2D eigenvalue weighted by Gasteiger charge is -2.16. The minimum Gasteiger partial charge on any atom is -0.496 e. The summed E-state index contributed by atoms with van der Waals surface area (Å²) in [7, 11) is 2.95. The number of hydrogen-bond donors (Lipinski definition) is 1. The van der Waals surface area contributed by atoms with E-state index in [4.69, 9.17) is 4.74 Å². The van der Waals surface area contributed by atoms with Gasteiger partial charge in [-0.1, -0.05) is 42.5 Å². The van der Waals surface area contributed by atoms with Gasteiger partial charge in [0.2, 0.25) is 5.82 Å². The number of nitrogens with one attached hydrogen (secondary N) is 1. The summed E-state index contributed by atoms with van der Waals surface area (Å²) < 4.78 is 46.3. The van der Waals surface area contributed by atoms with E-state index in [1.54, 1.807) is 25.3 Å². The molecule has 7 heteroatoms. The van der Waals surface area contributed by atoms with Crippen molar-refractivity contribution < 1.29 is 17.9 Å². The fourth-order valence-electron chi connectivity index (χ4n) is 3.84. The van der Waals surface area contributed by atoms with Crippen molar-refractivity contribution in [3.8, 4) is 16.9 Å². The summed E-state index contributed by atoms with van der Waals surface area (Å²) in [5, 5.41) is 3.51. The van der Waals surface area contributed by atoms with Crippen LogP contribution in [-0.4, -0.2) is 16.7 Å². The molecule has 0 bridgehead atoms. The first-order chi connectivity index (χ1) is 15.3. The van der Waals surface area contributed by atoms with Gasteiger partial charge in [0.25, 0.3) is 0 Å². The summed E-state index contributed by atoms with van der Waals surface area (Å²) in [5.41, 5.74) is 4.51. The Hall–Kier alpha value is -3.32. The second-order valence-electron chi connectivity index (χ2n) is 7.74. The Kier molecular flexibility index (Phi) is 5.93. The summed E-state index contributed by atoms with van der Waals surface area (Å²) in [4.78, 5) is 3.83. The molecule has 0 aliphatic carbocycles. The zero-order chi connectivity index (χ0) is 22.9. The van der Waals surface area contributed by atoms with Crippen molar-refractivity contribution in [2.45, 2.75) is 25.7 Å². The molecule has 0 aliphatic rings. The average Bonchev–Trinajstić information content (AvgIpc) is 3.14. The van der Waals surface area contributed by atoms with Gasteiger partial charge in [-0.3, -0.25) is 0 Å². The number of ether oxygens (including phenoxy) is 1. The largest absolute Gasteiger partial charge is 0.496 e. The molecule has 3 aromatic carbocycles. The molecule has 0 amide bonds. The first-order valence-corrected chi connectivity index (χ1v) is 10.3. The molecule has 1 atom stereocenters. The van der Waals surface area contributed by atoms with E-state index in [9.17, 15) is 13.2 Å². The fourth-order valence-corrected chi connectivity index (χ4v) is 3.84. The normalized spacial score (nSPS) is 12.8. The third-order valence-electron chi connectivity index (χ3n) is 5.62. The molecular formula is C25H24F3N3O. The summed E-state index contributed by atoms with van der Waals surface area (Å²) in [6.07, 6.45) is -4.51. The minimum absolute atomic E-state index is 0.174. The van der Waals surface area contributed by atoms with E-state index in [-0.39, 0.29) is 6.04 Å². The average molecular weight is 439 g/mol. The molecule has 4 aromatic rings. The number of imidazole rings is 1. The van der Waals surface area contributed by atoms with Crippen LogP contribution in [0.25, 0.3) is 22.2 Å². The maximum Gasteiger partial charge on any atom is 0.449 e. The number of aromatic nitrogens is 2. The van der Waals surface area contributed by atoms with E-state index < -0.39 is 12.0 Å². The van der Waals surface area contributed by atoms with Crippen LogP contribution >= 0.6 is 0 Å². The molecule has 4 nitrogen and oxygen atoms in total. The number of halogens is 3.